The number of hydrogen-bond acceptors (Lipinski definition) is 3. The van der Waals surface area contributed by atoms with E-state index in [2.05, 4.69) is 10.6 Å². The second kappa shape index (κ2) is 6.87. The van der Waals surface area contributed by atoms with Crippen molar-refractivity contribution >= 4 is 46.6 Å². The number of thioether (sulfide) groups is 1. The number of rotatable bonds is 3. The van der Waals surface area contributed by atoms with Crippen LogP contribution >= 0.6 is 23.4 Å². The minimum Gasteiger partial charge on any atom is -0.326 e. The number of hydrogen-bond donors (Lipinski definition) is 2. The van der Waals surface area contributed by atoms with E-state index in [4.69, 9.17) is 11.6 Å². The van der Waals surface area contributed by atoms with Gasteiger partial charge in [0.05, 0.1) is 16.9 Å². The van der Waals surface area contributed by atoms with E-state index in [9.17, 15) is 9.59 Å². The molecule has 4 nitrogen and oxygen atoms in total. The minimum absolute atomic E-state index is 0.144. The number of aryl methyl sites for hydroxylation is 1. The predicted molar refractivity (Wildman–Crippen MR) is 98.7 cm³/mol. The third kappa shape index (κ3) is 3.42. The summed E-state index contributed by atoms with van der Waals surface area (Å²) in [6.07, 6.45) is 0. The molecule has 0 saturated carbocycles. The zero-order valence-electron chi connectivity index (χ0n) is 13.3. The topological polar surface area (TPSA) is 58.2 Å². The van der Waals surface area contributed by atoms with Gasteiger partial charge in [-0.2, -0.15) is 0 Å². The van der Waals surface area contributed by atoms with Crippen LogP contribution in [0.2, 0.25) is 5.02 Å². The number of fused-ring (bicyclic) bond motifs is 1. The Bertz CT molecular complexity index is 809. The van der Waals surface area contributed by atoms with Crippen molar-refractivity contribution < 1.29 is 9.59 Å². The molecule has 6 heteroatoms. The van der Waals surface area contributed by atoms with Gasteiger partial charge in [-0.25, -0.2) is 0 Å². The molecule has 1 heterocycles. The molecule has 0 aromatic heterocycles. The van der Waals surface area contributed by atoms with Crippen LogP contribution in [-0.2, 0) is 9.59 Å². The van der Waals surface area contributed by atoms with Crippen molar-refractivity contribution in [3.63, 3.8) is 0 Å². The first-order chi connectivity index (χ1) is 11.5. The maximum absolute atomic E-state index is 12.6. The normalized spacial score (nSPS) is 17.6. The highest BCUT2D eigenvalue weighted by atomic mass is 35.5. The van der Waals surface area contributed by atoms with Gasteiger partial charge in [-0.1, -0.05) is 30.7 Å². The first-order valence-electron chi connectivity index (χ1n) is 7.59. The standard InChI is InChI=1S/C18H17ClN2O2S/c1-10-9-12(19)7-8-13(10)20-17(22)11(2)16-18(23)21-14-5-3-4-6-15(14)24-16/h3-9,11,16H,1-2H3,(H,20,22)(H,21,23). The van der Waals surface area contributed by atoms with E-state index in [1.807, 2.05) is 31.2 Å². The molecular formula is C18H17ClN2O2S. The second-order valence-electron chi connectivity index (χ2n) is 5.76. The maximum Gasteiger partial charge on any atom is 0.238 e. The SMILES string of the molecule is Cc1cc(Cl)ccc1NC(=O)C(C)C1Sc2ccccc2NC1=O. The zero-order chi connectivity index (χ0) is 17.3. The summed E-state index contributed by atoms with van der Waals surface area (Å²) in [6.45, 7) is 3.65. The number of halogens is 1. The molecule has 0 saturated heterocycles. The first kappa shape index (κ1) is 16.9. The molecule has 2 amide bonds. The summed E-state index contributed by atoms with van der Waals surface area (Å²) < 4.78 is 0. The van der Waals surface area contributed by atoms with Crippen LogP contribution in [0, 0.1) is 12.8 Å². The quantitative estimate of drug-likeness (QED) is 0.856. The van der Waals surface area contributed by atoms with Crippen LogP contribution in [0.4, 0.5) is 11.4 Å². The number of benzene rings is 2. The van der Waals surface area contributed by atoms with Crippen LogP contribution in [0.1, 0.15) is 12.5 Å². The average Bonchev–Trinajstić information content (AvgIpc) is 2.56. The van der Waals surface area contributed by atoms with Gasteiger partial charge in [-0.05, 0) is 42.8 Å². The summed E-state index contributed by atoms with van der Waals surface area (Å²) >= 11 is 7.36. The Labute approximate surface area is 150 Å². The predicted octanol–water partition coefficient (Wildman–Crippen LogP) is 4.34. The van der Waals surface area contributed by atoms with Crippen LogP contribution < -0.4 is 10.6 Å². The second-order valence-corrected chi connectivity index (χ2v) is 7.38. The van der Waals surface area contributed by atoms with Gasteiger partial charge in [-0.15, -0.1) is 11.8 Å². The lowest BCUT2D eigenvalue weighted by Gasteiger charge is -2.27. The fraction of sp³-hybridized carbons (Fsp3) is 0.222. The number of nitrogens with one attached hydrogen (secondary N) is 2. The van der Waals surface area contributed by atoms with Crippen molar-refractivity contribution in [3.05, 3.63) is 53.1 Å². The summed E-state index contributed by atoms with van der Waals surface area (Å²) in [7, 11) is 0. The lowest BCUT2D eigenvalue weighted by Crippen LogP contribution is -2.39. The number of amides is 2. The highest BCUT2D eigenvalue weighted by Gasteiger charge is 2.35. The molecule has 24 heavy (non-hydrogen) atoms. The fourth-order valence-electron chi connectivity index (χ4n) is 2.55. The number of carbonyl (C=O) groups is 2. The Kier molecular flexibility index (Phi) is 4.83. The van der Waals surface area contributed by atoms with Gasteiger partial charge in [0.1, 0.15) is 0 Å². The molecule has 0 bridgehead atoms. The van der Waals surface area contributed by atoms with Crippen molar-refractivity contribution in [3.8, 4) is 0 Å². The highest BCUT2D eigenvalue weighted by molar-refractivity contribution is 8.01. The smallest absolute Gasteiger partial charge is 0.238 e. The summed E-state index contributed by atoms with van der Waals surface area (Å²) in [5.41, 5.74) is 2.39. The maximum atomic E-state index is 12.6. The summed E-state index contributed by atoms with van der Waals surface area (Å²) in [5, 5.41) is 5.92. The minimum atomic E-state index is -0.474. The Morgan fingerprint density at radius 1 is 1.29 bits per heavy atom. The van der Waals surface area contributed by atoms with E-state index in [0.29, 0.717) is 10.7 Å². The van der Waals surface area contributed by atoms with Gasteiger partial charge in [0.25, 0.3) is 0 Å². The molecule has 0 radical (unpaired) electrons. The van der Waals surface area contributed by atoms with Gasteiger partial charge in [0.15, 0.2) is 0 Å². The molecule has 124 valence electrons. The Morgan fingerprint density at radius 2 is 2.04 bits per heavy atom. The number of carbonyl (C=O) groups excluding carboxylic acids is 2. The van der Waals surface area contributed by atoms with Crippen LogP contribution in [0.15, 0.2) is 47.4 Å². The van der Waals surface area contributed by atoms with Gasteiger partial charge in [0.2, 0.25) is 11.8 Å². The van der Waals surface area contributed by atoms with E-state index in [1.54, 1.807) is 25.1 Å². The molecule has 3 rings (SSSR count). The molecule has 0 aliphatic carbocycles. The van der Waals surface area contributed by atoms with Gasteiger partial charge in [0, 0.05) is 15.6 Å². The Balaban J connectivity index is 1.75. The molecule has 2 aromatic carbocycles. The van der Waals surface area contributed by atoms with E-state index < -0.39 is 11.2 Å². The molecular weight excluding hydrogens is 344 g/mol. The summed E-state index contributed by atoms with van der Waals surface area (Å²) in [5.74, 6) is -0.805. The van der Waals surface area contributed by atoms with E-state index in [0.717, 1.165) is 16.1 Å². The third-order valence-corrected chi connectivity index (χ3v) is 5.69. The van der Waals surface area contributed by atoms with Crippen LogP contribution in [0.5, 0.6) is 0 Å². The van der Waals surface area contributed by atoms with Crippen LogP contribution in [-0.4, -0.2) is 17.1 Å². The van der Waals surface area contributed by atoms with Crippen molar-refractivity contribution in [2.24, 2.45) is 5.92 Å². The Hall–Kier alpha value is -1.98. The zero-order valence-corrected chi connectivity index (χ0v) is 14.9. The van der Waals surface area contributed by atoms with Gasteiger partial charge < -0.3 is 10.6 Å². The van der Waals surface area contributed by atoms with Gasteiger partial charge >= 0.3 is 0 Å². The monoisotopic (exact) mass is 360 g/mol. The molecule has 2 unspecified atom stereocenters. The highest BCUT2D eigenvalue weighted by Crippen LogP contribution is 2.38. The lowest BCUT2D eigenvalue weighted by molar-refractivity contribution is -0.123. The Morgan fingerprint density at radius 3 is 2.79 bits per heavy atom. The average molecular weight is 361 g/mol. The van der Waals surface area contributed by atoms with Crippen molar-refractivity contribution in [1.82, 2.24) is 0 Å². The lowest BCUT2D eigenvalue weighted by atomic mass is 10.0. The van der Waals surface area contributed by atoms with Crippen LogP contribution in [0.25, 0.3) is 0 Å². The molecule has 2 aromatic rings. The number of para-hydroxylation sites is 1. The number of anilines is 2. The van der Waals surface area contributed by atoms with Gasteiger partial charge in [-0.3, -0.25) is 9.59 Å². The summed E-state index contributed by atoms with van der Waals surface area (Å²) in [4.78, 5) is 25.9. The van der Waals surface area contributed by atoms with Crippen molar-refractivity contribution in [2.75, 3.05) is 10.6 Å². The van der Waals surface area contributed by atoms with Crippen molar-refractivity contribution in [1.29, 1.82) is 0 Å². The molecule has 2 atom stereocenters. The van der Waals surface area contributed by atoms with E-state index >= 15 is 0 Å². The summed E-state index contributed by atoms with van der Waals surface area (Å²) in [6, 6.07) is 12.9. The van der Waals surface area contributed by atoms with E-state index in [1.165, 1.54) is 11.8 Å². The fourth-order valence-corrected chi connectivity index (χ4v) is 3.94. The third-order valence-electron chi connectivity index (χ3n) is 3.97. The van der Waals surface area contributed by atoms with Crippen LogP contribution in [0.3, 0.4) is 0 Å². The molecule has 0 fully saturated rings. The largest absolute Gasteiger partial charge is 0.326 e. The molecule has 2 N–H and O–H groups in total. The van der Waals surface area contributed by atoms with E-state index in [-0.39, 0.29) is 11.8 Å². The molecule has 0 spiro atoms. The van der Waals surface area contributed by atoms with Crippen molar-refractivity contribution in [2.45, 2.75) is 24.0 Å². The first-order valence-corrected chi connectivity index (χ1v) is 8.85. The molecule has 1 aliphatic rings. The molecule has 1 aliphatic heterocycles.